The van der Waals surface area contributed by atoms with Gasteiger partial charge >= 0.3 is 0 Å². The molecule has 0 saturated heterocycles. The van der Waals surface area contributed by atoms with Crippen molar-refractivity contribution in [2.75, 3.05) is 0 Å². The highest BCUT2D eigenvalue weighted by Crippen LogP contribution is 2.20. The van der Waals surface area contributed by atoms with Crippen molar-refractivity contribution in [1.82, 2.24) is 19.4 Å². The highest BCUT2D eigenvalue weighted by atomic mass is 35.5. The number of hydrogen-bond acceptors (Lipinski definition) is 3. The molecule has 0 radical (unpaired) electrons. The van der Waals surface area contributed by atoms with E-state index in [1.54, 1.807) is 0 Å². The van der Waals surface area contributed by atoms with E-state index in [2.05, 4.69) is 15.0 Å². The molecule has 0 aliphatic carbocycles. The van der Waals surface area contributed by atoms with E-state index in [9.17, 15) is 0 Å². The molecule has 0 N–H and O–H groups in total. The van der Waals surface area contributed by atoms with Crippen molar-refractivity contribution in [3.05, 3.63) is 35.4 Å². The second-order valence-corrected chi connectivity index (χ2v) is 3.63. The van der Waals surface area contributed by atoms with Crippen molar-refractivity contribution in [3.8, 4) is 0 Å². The second-order valence-electron chi connectivity index (χ2n) is 3.27. The molecule has 0 unspecified atom stereocenters. The van der Waals surface area contributed by atoms with Crippen LogP contribution in [0.2, 0.25) is 5.15 Å². The van der Waals surface area contributed by atoms with Crippen LogP contribution in [-0.2, 0) is 0 Å². The molecule has 0 aromatic carbocycles. The quantitative estimate of drug-likeness (QED) is 0.544. The van der Waals surface area contributed by atoms with Crippen LogP contribution in [0.5, 0.6) is 0 Å². The predicted molar refractivity (Wildman–Crippen MR) is 58.0 cm³/mol. The summed E-state index contributed by atoms with van der Waals surface area (Å²) in [6, 6.07) is 5.77. The molecule has 0 bridgehead atoms. The van der Waals surface area contributed by atoms with Crippen LogP contribution in [0.4, 0.5) is 0 Å². The normalized spacial score (nSPS) is 11.3. The summed E-state index contributed by atoms with van der Waals surface area (Å²) in [6.45, 7) is 1.81. The molecular weight excluding hydrogens is 212 g/mol. The molecule has 0 fully saturated rings. The van der Waals surface area contributed by atoms with E-state index in [4.69, 9.17) is 11.6 Å². The predicted octanol–water partition coefficient (Wildman–Crippen LogP) is 2.24. The Balaban J connectivity index is 2.61. The first kappa shape index (κ1) is 8.61. The number of hydrogen-bond donors (Lipinski definition) is 0. The van der Waals surface area contributed by atoms with E-state index in [1.165, 1.54) is 0 Å². The first-order valence-electron chi connectivity index (χ1n) is 4.52. The number of rotatable bonds is 0. The number of aryl methyl sites for hydroxylation is 1. The average Bonchev–Trinajstić information content (AvgIpc) is 2.57. The van der Waals surface area contributed by atoms with Gasteiger partial charge in [-0.2, -0.15) is 0 Å². The Morgan fingerprint density at radius 3 is 2.93 bits per heavy atom. The van der Waals surface area contributed by atoms with Gasteiger partial charge in [0.1, 0.15) is 17.0 Å². The molecule has 0 amide bonds. The summed E-state index contributed by atoms with van der Waals surface area (Å²) in [5.41, 5.74) is 2.23. The lowest BCUT2D eigenvalue weighted by molar-refractivity contribution is 1.06. The monoisotopic (exact) mass is 218 g/mol. The Hall–Kier alpha value is -1.68. The van der Waals surface area contributed by atoms with Crippen LogP contribution in [-0.4, -0.2) is 19.4 Å². The molecular formula is C10H7ClN4. The Bertz CT molecular complexity index is 659. The molecule has 0 saturated carbocycles. The molecule has 0 aliphatic rings. The summed E-state index contributed by atoms with van der Waals surface area (Å²) in [4.78, 5) is 12.8. The van der Waals surface area contributed by atoms with Crippen molar-refractivity contribution in [3.63, 3.8) is 0 Å². The van der Waals surface area contributed by atoms with E-state index in [0.29, 0.717) is 16.5 Å². The van der Waals surface area contributed by atoms with E-state index in [1.807, 2.05) is 35.7 Å². The van der Waals surface area contributed by atoms with Gasteiger partial charge in [-0.25, -0.2) is 15.0 Å². The molecule has 5 heteroatoms. The van der Waals surface area contributed by atoms with Gasteiger partial charge in [0.25, 0.3) is 0 Å². The lowest BCUT2D eigenvalue weighted by atomic mass is 10.5. The highest BCUT2D eigenvalue weighted by molar-refractivity contribution is 6.33. The van der Waals surface area contributed by atoms with Crippen LogP contribution in [0.1, 0.15) is 5.82 Å². The molecule has 3 aromatic rings. The van der Waals surface area contributed by atoms with E-state index >= 15 is 0 Å². The van der Waals surface area contributed by atoms with Crippen molar-refractivity contribution in [2.45, 2.75) is 6.92 Å². The van der Waals surface area contributed by atoms with Crippen molar-refractivity contribution in [2.24, 2.45) is 0 Å². The van der Waals surface area contributed by atoms with Crippen LogP contribution in [0.15, 0.2) is 24.4 Å². The maximum Gasteiger partial charge on any atom is 0.169 e. The first-order chi connectivity index (χ1) is 7.25. The minimum Gasteiger partial charge on any atom is -0.284 e. The molecule has 0 atom stereocenters. The topological polar surface area (TPSA) is 43.1 Å². The molecule has 0 spiro atoms. The van der Waals surface area contributed by atoms with E-state index < -0.39 is 0 Å². The molecule has 74 valence electrons. The number of nitrogens with zero attached hydrogens (tertiary/aromatic N) is 4. The molecule has 15 heavy (non-hydrogen) atoms. The van der Waals surface area contributed by atoms with Crippen LogP contribution in [0.3, 0.4) is 0 Å². The lowest BCUT2D eigenvalue weighted by Crippen LogP contribution is -1.91. The van der Waals surface area contributed by atoms with Crippen LogP contribution in [0.25, 0.3) is 16.8 Å². The minimum absolute atomic E-state index is 0.404. The zero-order valence-corrected chi connectivity index (χ0v) is 8.73. The fourth-order valence-corrected chi connectivity index (χ4v) is 1.85. The SMILES string of the molecule is Cc1nc(Cl)c2nc3ccccn3c2n1. The molecule has 3 heterocycles. The third kappa shape index (κ3) is 1.18. The van der Waals surface area contributed by atoms with Gasteiger partial charge in [0.15, 0.2) is 10.8 Å². The standard InChI is InChI=1S/C10H7ClN4/c1-6-12-9(11)8-10(13-6)15-5-3-2-4-7(15)14-8/h2-5H,1H3. The number of imidazole rings is 1. The van der Waals surface area contributed by atoms with Gasteiger partial charge in [0.05, 0.1) is 0 Å². The van der Waals surface area contributed by atoms with Crippen LogP contribution in [0, 0.1) is 6.92 Å². The summed E-state index contributed by atoms with van der Waals surface area (Å²) in [6.07, 6.45) is 1.91. The zero-order valence-electron chi connectivity index (χ0n) is 7.98. The van der Waals surface area contributed by atoms with Crippen molar-refractivity contribution >= 4 is 28.4 Å². The number of halogens is 1. The van der Waals surface area contributed by atoms with Gasteiger partial charge in [0, 0.05) is 6.20 Å². The smallest absolute Gasteiger partial charge is 0.169 e. The zero-order chi connectivity index (χ0) is 10.4. The van der Waals surface area contributed by atoms with E-state index in [0.717, 1.165) is 11.3 Å². The molecule has 3 aromatic heterocycles. The Morgan fingerprint density at radius 2 is 2.07 bits per heavy atom. The number of fused-ring (bicyclic) bond motifs is 3. The van der Waals surface area contributed by atoms with E-state index in [-0.39, 0.29) is 0 Å². The summed E-state index contributed by atoms with van der Waals surface area (Å²) in [5, 5.41) is 0.404. The minimum atomic E-state index is 0.404. The van der Waals surface area contributed by atoms with Gasteiger partial charge in [-0.3, -0.25) is 4.40 Å². The summed E-state index contributed by atoms with van der Waals surface area (Å²) in [5.74, 6) is 0.651. The van der Waals surface area contributed by atoms with Crippen LogP contribution < -0.4 is 0 Å². The second kappa shape index (κ2) is 2.90. The summed E-state index contributed by atoms with van der Waals surface area (Å²) >= 11 is 6.01. The Morgan fingerprint density at radius 1 is 1.20 bits per heavy atom. The Labute approximate surface area is 90.6 Å². The van der Waals surface area contributed by atoms with Gasteiger partial charge < -0.3 is 0 Å². The number of pyridine rings is 1. The maximum atomic E-state index is 6.01. The first-order valence-corrected chi connectivity index (χ1v) is 4.90. The van der Waals surface area contributed by atoms with Crippen LogP contribution >= 0.6 is 11.6 Å². The third-order valence-electron chi connectivity index (χ3n) is 2.23. The largest absolute Gasteiger partial charge is 0.284 e. The van der Waals surface area contributed by atoms with Gasteiger partial charge in [0.2, 0.25) is 0 Å². The van der Waals surface area contributed by atoms with Gasteiger partial charge in [-0.15, -0.1) is 0 Å². The maximum absolute atomic E-state index is 6.01. The molecule has 4 nitrogen and oxygen atoms in total. The summed E-state index contributed by atoms with van der Waals surface area (Å²) < 4.78 is 1.90. The highest BCUT2D eigenvalue weighted by Gasteiger charge is 2.10. The summed E-state index contributed by atoms with van der Waals surface area (Å²) in [7, 11) is 0. The average molecular weight is 219 g/mol. The Kier molecular flexibility index (Phi) is 1.67. The molecule has 0 aliphatic heterocycles. The van der Waals surface area contributed by atoms with Gasteiger partial charge in [-0.1, -0.05) is 17.7 Å². The van der Waals surface area contributed by atoms with Crippen molar-refractivity contribution in [1.29, 1.82) is 0 Å². The third-order valence-corrected chi connectivity index (χ3v) is 2.49. The lowest BCUT2D eigenvalue weighted by Gasteiger charge is -1.95. The van der Waals surface area contributed by atoms with Gasteiger partial charge in [-0.05, 0) is 19.1 Å². The number of aromatic nitrogens is 4. The fraction of sp³-hybridized carbons (Fsp3) is 0.100. The van der Waals surface area contributed by atoms with Crippen molar-refractivity contribution < 1.29 is 0 Å². The fourth-order valence-electron chi connectivity index (χ4n) is 1.60. The molecule has 3 rings (SSSR count).